The molecule has 19 heavy (non-hydrogen) atoms. The maximum Gasteiger partial charge on any atom is 0.291 e. The molecular formula is C15H12N2O2. The standard InChI is InChI=1S/C15H12N2O2/c1-10-6-7-12(11-4-2-8-16-14(10)11)17-15(18)13-5-3-9-19-13/h2-9H,1H3,(H,17,18). The van der Waals surface area contributed by atoms with Gasteiger partial charge in [-0.2, -0.15) is 0 Å². The second-order valence-electron chi connectivity index (χ2n) is 4.26. The van der Waals surface area contributed by atoms with Crippen LogP contribution in [0.1, 0.15) is 16.1 Å². The zero-order valence-electron chi connectivity index (χ0n) is 10.4. The lowest BCUT2D eigenvalue weighted by atomic mass is 10.1. The van der Waals surface area contributed by atoms with Crippen molar-refractivity contribution in [2.45, 2.75) is 6.92 Å². The Morgan fingerprint density at radius 3 is 2.89 bits per heavy atom. The monoisotopic (exact) mass is 252 g/mol. The molecule has 0 bridgehead atoms. The van der Waals surface area contributed by atoms with Crippen molar-refractivity contribution >= 4 is 22.5 Å². The Balaban J connectivity index is 2.02. The third-order valence-corrected chi connectivity index (χ3v) is 2.96. The normalized spacial score (nSPS) is 10.6. The Morgan fingerprint density at radius 2 is 2.11 bits per heavy atom. The second kappa shape index (κ2) is 4.57. The lowest BCUT2D eigenvalue weighted by molar-refractivity contribution is 0.0997. The van der Waals surface area contributed by atoms with Gasteiger partial charge in [0.25, 0.3) is 5.91 Å². The Kier molecular flexibility index (Phi) is 2.76. The molecule has 3 aromatic rings. The number of aromatic nitrogens is 1. The van der Waals surface area contributed by atoms with Gasteiger partial charge in [0.1, 0.15) is 0 Å². The lowest BCUT2D eigenvalue weighted by Gasteiger charge is -2.08. The minimum Gasteiger partial charge on any atom is -0.459 e. The molecule has 0 atom stereocenters. The molecule has 4 heteroatoms. The van der Waals surface area contributed by atoms with Crippen molar-refractivity contribution in [3.05, 3.63) is 60.2 Å². The number of fused-ring (bicyclic) bond motifs is 1. The summed E-state index contributed by atoms with van der Waals surface area (Å²) in [5.41, 5.74) is 2.70. The summed E-state index contributed by atoms with van der Waals surface area (Å²) in [5, 5.41) is 3.76. The van der Waals surface area contributed by atoms with E-state index in [9.17, 15) is 4.79 Å². The Labute approximate surface area is 110 Å². The first-order valence-corrected chi connectivity index (χ1v) is 5.95. The number of carbonyl (C=O) groups is 1. The highest BCUT2D eigenvalue weighted by molar-refractivity contribution is 6.07. The van der Waals surface area contributed by atoms with Gasteiger partial charge in [0.05, 0.1) is 17.5 Å². The molecule has 0 aliphatic rings. The maximum atomic E-state index is 12.0. The van der Waals surface area contributed by atoms with Crippen LogP contribution in [0.4, 0.5) is 5.69 Å². The van der Waals surface area contributed by atoms with Crippen LogP contribution in [0.2, 0.25) is 0 Å². The van der Waals surface area contributed by atoms with Crippen molar-refractivity contribution in [3.8, 4) is 0 Å². The summed E-state index contributed by atoms with van der Waals surface area (Å²) in [7, 11) is 0. The van der Waals surface area contributed by atoms with Crippen molar-refractivity contribution in [2.75, 3.05) is 5.32 Å². The fourth-order valence-electron chi connectivity index (χ4n) is 2.01. The molecule has 0 saturated carbocycles. The van der Waals surface area contributed by atoms with Gasteiger partial charge in [-0.3, -0.25) is 9.78 Å². The van der Waals surface area contributed by atoms with E-state index in [0.29, 0.717) is 0 Å². The third-order valence-electron chi connectivity index (χ3n) is 2.96. The van der Waals surface area contributed by atoms with Crippen molar-refractivity contribution in [1.29, 1.82) is 0 Å². The first kappa shape index (κ1) is 11.5. The summed E-state index contributed by atoms with van der Waals surface area (Å²) >= 11 is 0. The predicted octanol–water partition coefficient (Wildman–Crippen LogP) is 3.39. The molecule has 0 saturated heterocycles. The number of nitrogens with zero attached hydrogens (tertiary/aromatic N) is 1. The number of furan rings is 1. The van der Waals surface area contributed by atoms with Crippen molar-refractivity contribution in [3.63, 3.8) is 0 Å². The number of carbonyl (C=O) groups excluding carboxylic acids is 1. The molecule has 2 aromatic heterocycles. The lowest BCUT2D eigenvalue weighted by Crippen LogP contribution is -2.11. The molecule has 0 unspecified atom stereocenters. The highest BCUT2D eigenvalue weighted by Crippen LogP contribution is 2.24. The van der Waals surface area contributed by atoms with E-state index in [1.54, 1.807) is 18.3 Å². The average molecular weight is 252 g/mol. The number of benzene rings is 1. The Hall–Kier alpha value is -2.62. The number of hydrogen-bond acceptors (Lipinski definition) is 3. The number of pyridine rings is 1. The van der Waals surface area contributed by atoms with E-state index in [1.807, 2.05) is 31.2 Å². The van der Waals surface area contributed by atoms with Gasteiger partial charge in [-0.25, -0.2) is 0 Å². The second-order valence-corrected chi connectivity index (χ2v) is 4.26. The van der Waals surface area contributed by atoms with Gasteiger partial charge in [-0.1, -0.05) is 6.07 Å². The highest BCUT2D eigenvalue weighted by Gasteiger charge is 2.11. The van der Waals surface area contributed by atoms with Crippen molar-refractivity contribution < 1.29 is 9.21 Å². The number of nitrogens with one attached hydrogen (secondary N) is 1. The SMILES string of the molecule is Cc1ccc(NC(=O)c2ccco2)c2cccnc12. The summed E-state index contributed by atoms with van der Waals surface area (Å²) in [4.78, 5) is 16.3. The van der Waals surface area contributed by atoms with E-state index in [4.69, 9.17) is 4.42 Å². The van der Waals surface area contributed by atoms with Gasteiger partial charge < -0.3 is 9.73 Å². The number of amides is 1. The van der Waals surface area contributed by atoms with Crippen LogP contribution in [-0.2, 0) is 0 Å². The number of hydrogen-bond donors (Lipinski definition) is 1. The van der Waals surface area contributed by atoms with E-state index < -0.39 is 0 Å². The van der Waals surface area contributed by atoms with E-state index >= 15 is 0 Å². The van der Waals surface area contributed by atoms with Gasteiger partial charge in [0.15, 0.2) is 5.76 Å². The maximum absolute atomic E-state index is 12.0. The minimum absolute atomic E-state index is 0.265. The van der Waals surface area contributed by atoms with Crippen LogP contribution in [0.5, 0.6) is 0 Å². The van der Waals surface area contributed by atoms with Crippen LogP contribution in [-0.4, -0.2) is 10.9 Å². The van der Waals surface area contributed by atoms with Gasteiger partial charge in [-0.15, -0.1) is 0 Å². The van der Waals surface area contributed by atoms with E-state index in [1.165, 1.54) is 6.26 Å². The summed E-state index contributed by atoms with van der Waals surface area (Å²) in [6.07, 6.45) is 3.22. The van der Waals surface area contributed by atoms with Crippen LogP contribution in [0, 0.1) is 6.92 Å². The van der Waals surface area contributed by atoms with Crippen molar-refractivity contribution in [1.82, 2.24) is 4.98 Å². The quantitative estimate of drug-likeness (QED) is 0.760. The number of aryl methyl sites for hydroxylation is 1. The molecule has 0 radical (unpaired) electrons. The molecule has 1 amide bonds. The molecule has 1 N–H and O–H groups in total. The summed E-state index contributed by atoms with van der Waals surface area (Å²) in [6, 6.07) is 10.9. The molecule has 0 fully saturated rings. The van der Waals surface area contributed by atoms with Crippen molar-refractivity contribution in [2.24, 2.45) is 0 Å². The first-order chi connectivity index (χ1) is 9.25. The van der Waals surface area contributed by atoms with Crippen LogP contribution in [0.25, 0.3) is 10.9 Å². The van der Waals surface area contributed by atoms with Crippen LogP contribution in [0.3, 0.4) is 0 Å². The molecule has 2 heterocycles. The predicted molar refractivity (Wildman–Crippen MR) is 73.1 cm³/mol. The minimum atomic E-state index is -0.265. The zero-order valence-corrected chi connectivity index (χ0v) is 10.4. The highest BCUT2D eigenvalue weighted by atomic mass is 16.3. The molecule has 1 aromatic carbocycles. The van der Waals surface area contributed by atoms with Gasteiger partial charge >= 0.3 is 0 Å². The van der Waals surface area contributed by atoms with Gasteiger partial charge in [-0.05, 0) is 42.8 Å². The summed E-state index contributed by atoms with van der Waals surface area (Å²) in [5.74, 6) is 0.0246. The van der Waals surface area contributed by atoms with Crippen LogP contribution >= 0.6 is 0 Å². The average Bonchev–Trinajstić information content (AvgIpc) is 2.96. The molecule has 0 aliphatic carbocycles. The number of rotatable bonds is 2. The van der Waals surface area contributed by atoms with Crippen LogP contribution < -0.4 is 5.32 Å². The molecule has 3 rings (SSSR count). The molecule has 0 spiro atoms. The summed E-state index contributed by atoms with van der Waals surface area (Å²) < 4.78 is 5.08. The van der Waals surface area contributed by atoms with Gasteiger partial charge in [0.2, 0.25) is 0 Å². The smallest absolute Gasteiger partial charge is 0.291 e. The number of anilines is 1. The molecule has 0 aliphatic heterocycles. The summed E-state index contributed by atoms with van der Waals surface area (Å²) in [6.45, 7) is 1.99. The molecular weight excluding hydrogens is 240 g/mol. The molecule has 94 valence electrons. The van der Waals surface area contributed by atoms with Gasteiger partial charge in [0, 0.05) is 11.6 Å². The Bertz CT molecular complexity index is 733. The fraction of sp³-hybridized carbons (Fsp3) is 0.0667. The fourth-order valence-corrected chi connectivity index (χ4v) is 2.01. The third kappa shape index (κ3) is 2.08. The van der Waals surface area contributed by atoms with E-state index in [-0.39, 0.29) is 11.7 Å². The van der Waals surface area contributed by atoms with E-state index in [0.717, 1.165) is 22.2 Å². The largest absolute Gasteiger partial charge is 0.459 e. The first-order valence-electron chi connectivity index (χ1n) is 5.95. The van der Waals surface area contributed by atoms with Crippen LogP contribution in [0.15, 0.2) is 53.3 Å². The van der Waals surface area contributed by atoms with E-state index in [2.05, 4.69) is 10.3 Å². The Morgan fingerprint density at radius 1 is 1.21 bits per heavy atom. The zero-order chi connectivity index (χ0) is 13.2. The topological polar surface area (TPSA) is 55.1 Å². The molecule has 4 nitrogen and oxygen atoms in total.